The summed E-state index contributed by atoms with van der Waals surface area (Å²) in [6.07, 6.45) is 4.70. The first-order chi connectivity index (χ1) is 14.6. The molecule has 0 radical (unpaired) electrons. The van der Waals surface area contributed by atoms with Crippen LogP contribution < -0.4 is 10.1 Å². The molecule has 30 heavy (non-hydrogen) atoms. The van der Waals surface area contributed by atoms with Gasteiger partial charge in [-0.2, -0.15) is 0 Å². The first-order valence-corrected chi connectivity index (χ1v) is 10.9. The summed E-state index contributed by atoms with van der Waals surface area (Å²) in [6, 6.07) is 15.8. The maximum Gasteiger partial charge on any atom is 0.251 e. The van der Waals surface area contributed by atoms with Gasteiger partial charge in [0.2, 0.25) is 5.91 Å². The molecule has 1 aliphatic carbocycles. The second-order valence-corrected chi connectivity index (χ2v) is 8.53. The highest BCUT2D eigenvalue weighted by molar-refractivity contribution is 5.94. The van der Waals surface area contributed by atoms with Crippen LogP contribution in [0.3, 0.4) is 0 Å². The first kappa shape index (κ1) is 20.5. The van der Waals surface area contributed by atoms with Gasteiger partial charge in [-0.1, -0.05) is 24.3 Å². The third-order valence-corrected chi connectivity index (χ3v) is 5.99. The fourth-order valence-corrected chi connectivity index (χ4v) is 3.92. The number of ether oxygens (including phenoxy) is 1. The third kappa shape index (κ3) is 5.41. The van der Waals surface area contributed by atoms with Crippen LogP contribution in [0.15, 0.2) is 48.5 Å². The number of amides is 2. The minimum atomic E-state index is -0.0147. The molecule has 0 bridgehead atoms. The van der Waals surface area contributed by atoms with Crippen LogP contribution >= 0.6 is 0 Å². The number of nitrogens with one attached hydrogen (secondary N) is 1. The molecule has 1 aliphatic heterocycles. The number of piperidine rings is 1. The second kappa shape index (κ2) is 9.33. The van der Waals surface area contributed by atoms with E-state index < -0.39 is 0 Å². The quantitative estimate of drug-likeness (QED) is 0.762. The summed E-state index contributed by atoms with van der Waals surface area (Å²) < 4.78 is 5.97. The van der Waals surface area contributed by atoms with E-state index in [-0.39, 0.29) is 11.8 Å². The molecule has 1 heterocycles. The van der Waals surface area contributed by atoms with E-state index in [4.69, 9.17) is 4.74 Å². The average Bonchev–Trinajstić information content (AvgIpc) is 3.58. The van der Waals surface area contributed by atoms with Crippen molar-refractivity contribution in [1.29, 1.82) is 0 Å². The number of benzene rings is 2. The molecule has 5 heteroatoms. The van der Waals surface area contributed by atoms with Crippen molar-refractivity contribution in [3.05, 3.63) is 65.2 Å². The normalized spacial score (nSPS) is 18.7. The number of likely N-dealkylation sites (tertiary alicyclic amines) is 1. The third-order valence-electron chi connectivity index (χ3n) is 5.99. The molecule has 1 saturated carbocycles. The number of rotatable bonds is 7. The van der Waals surface area contributed by atoms with Crippen LogP contribution in [-0.2, 0) is 11.2 Å². The Hall–Kier alpha value is -2.82. The predicted molar refractivity (Wildman–Crippen MR) is 117 cm³/mol. The lowest BCUT2D eigenvalue weighted by Gasteiger charge is -2.33. The Morgan fingerprint density at radius 2 is 1.83 bits per heavy atom. The van der Waals surface area contributed by atoms with Gasteiger partial charge in [0.15, 0.2) is 0 Å². The number of nitrogens with zero attached hydrogens (tertiary/aromatic N) is 1. The fraction of sp³-hybridized carbons (Fsp3) is 0.440. The van der Waals surface area contributed by atoms with Crippen molar-refractivity contribution >= 4 is 11.8 Å². The molecule has 1 N–H and O–H groups in total. The lowest BCUT2D eigenvalue weighted by molar-refractivity contribution is -0.132. The van der Waals surface area contributed by atoms with E-state index in [9.17, 15) is 9.59 Å². The lowest BCUT2D eigenvalue weighted by Crippen LogP contribution is -2.42. The summed E-state index contributed by atoms with van der Waals surface area (Å²) in [6.45, 7) is 4.21. The van der Waals surface area contributed by atoms with Crippen molar-refractivity contribution in [2.24, 2.45) is 5.92 Å². The largest absolute Gasteiger partial charge is 0.493 e. The van der Waals surface area contributed by atoms with Gasteiger partial charge in [0.1, 0.15) is 5.75 Å². The average molecular weight is 407 g/mol. The highest BCUT2D eigenvalue weighted by atomic mass is 16.5. The summed E-state index contributed by atoms with van der Waals surface area (Å²) in [4.78, 5) is 26.8. The summed E-state index contributed by atoms with van der Waals surface area (Å²) in [5.74, 6) is 1.28. The van der Waals surface area contributed by atoms with Crippen LogP contribution in [0, 0.1) is 12.8 Å². The minimum absolute atomic E-state index is 0.0147. The van der Waals surface area contributed by atoms with Gasteiger partial charge in [-0.05, 0) is 68.0 Å². The number of hydrogen-bond acceptors (Lipinski definition) is 3. The highest BCUT2D eigenvalue weighted by Crippen LogP contribution is 2.22. The van der Waals surface area contributed by atoms with Gasteiger partial charge in [0, 0.05) is 30.6 Å². The van der Waals surface area contributed by atoms with E-state index in [1.54, 1.807) is 0 Å². The van der Waals surface area contributed by atoms with Gasteiger partial charge in [-0.15, -0.1) is 0 Å². The molecule has 1 unspecified atom stereocenters. The summed E-state index contributed by atoms with van der Waals surface area (Å²) >= 11 is 0. The van der Waals surface area contributed by atoms with Crippen molar-refractivity contribution in [3.8, 4) is 5.75 Å². The first-order valence-electron chi connectivity index (χ1n) is 10.9. The number of hydrogen-bond donors (Lipinski definition) is 1. The van der Waals surface area contributed by atoms with Crippen LogP contribution in [0.4, 0.5) is 0 Å². The molecule has 0 spiro atoms. The van der Waals surface area contributed by atoms with Crippen LogP contribution in [0.2, 0.25) is 0 Å². The van der Waals surface area contributed by atoms with Crippen molar-refractivity contribution < 1.29 is 14.3 Å². The van der Waals surface area contributed by atoms with Gasteiger partial charge in [-0.25, -0.2) is 0 Å². The Balaban J connectivity index is 1.26. The monoisotopic (exact) mass is 406 g/mol. The number of aryl methyl sites for hydroxylation is 1. The zero-order valence-electron chi connectivity index (χ0n) is 17.6. The van der Waals surface area contributed by atoms with Crippen molar-refractivity contribution in [1.82, 2.24) is 10.2 Å². The molecule has 2 fully saturated rings. The van der Waals surface area contributed by atoms with E-state index in [0.717, 1.165) is 55.6 Å². The Labute approximate surface area is 178 Å². The fourth-order valence-electron chi connectivity index (χ4n) is 3.92. The number of carbonyl (C=O) groups excluding carboxylic acids is 2. The predicted octanol–water partition coefficient (Wildman–Crippen LogP) is 3.75. The zero-order valence-corrected chi connectivity index (χ0v) is 17.6. The Morgan fingerprint density at radius 3 is 2.57 bits per heavy atom. The standard InChI is InChI=1S/C25H30N2O3/c1-18-5-2-3-7-21(18)15-24(28)27-14-4-6-19(16-27)17-30-23-12-8-20(9-13-23)25(29)26-22-10-11-22/h2-3,5,7-9,12-13,19,22H,4,6,10-11,14-17H2,1H3,(H,26,29). The van der Waals surface area contributed by atoms with Gasteiger partial charge >= 0.3 is 0 Å². The Morgan fingerprint density at radius 1 is 1.07 bits per heavy atom. The molecule has 0 aromatic heterocycles. The van der Waals surface area contributed by atoms with Crippen LogP contribution in [0.5, 0.6) is 5.75 Å². The SMILES string of the molecule is Cc1ccccc1CC(=O)N1CCCC(COc2ccc(C(=O)NC3CC3)cc2)C1. The molecule has 2 aliphatic rings. The molecule has 1 saturated heterocycles. The maximum atomic E-state index is 12.8. The highest BCUT2D eigenvalue weighted by Gasteiger charge is 2.25. The van der Waals surface area contributed by atoms with E-state index in [1.807, 2.05) is 47.4 Å². The number of carbonyl (C=O) groups is 2. The minimum Gasteiger partial charge on any atom is -0.493 e. The smallest absolute Gasteiger partial charge is 0.251 e. The molecule has 1 atom stereocenters. The van der Waals surface area contributed by atoms with Gasteiger partial charge in [0.05, 0.1) is 13.0 Å². The van der Waals surface area contributed by atoms with Gasteiger partial charge < -0.3 is 15.0 Å². The summed E-state index contributed by atoms with van der Waals surface area (Å²) in [7, 11) is 0. The maximum absolute atomic E-state index is 12.8. The van der Waals surface area contributed by atoms with Crippen molar-refractivity contribution in [3.63, 3.8) is 0 Å². The molecular weight excluding hydrogens is 376 g/mol. The summed E-state index contributed by atoms with van der Waals surface area (Å²) in [5, 5.41) is 2.99. The van der Waals surface area contributed by atoms with E-state index in [1.165, 1.54) is 0 Å². The molecular formula is C25H30N2O3. The van der Waals surface area contributed by atoms with E-state index >= 15 is 0 Å². The molecule has 2 amide bonds. The van der Waals surface area contributed by atoms with Crippen molar-refractivity contribution in [2.45, 2.75) is 45.1 Å². The zero-order chi connectivity index (χ0) is 20.9. The lowest BCUT2D eigenvalue weighted by atomic mass is 9.97. The van der Waals surface area contributed by atoms with E-state index in [0.29, 0.717) is 30.6 Å². The van der Waals surface area contributed by atoms with Crippen LogP contribution in [0.25, 0.3) is 0 Å². The second-order valence-electron chi connectivity index (χ2n) is 8.53. The molecule has 4 rings (SSSR count). The topological polar surface area (TPSA) is 58.6 Å². The molecule has 158 valence electrons. The van der Waals surface area contributed by atoms with Gasteiger partial charge in [-0.3, -0.25) is 9.59 Å². The Kier molecular flexibility index (Phi) is 6.36. The van der Waals surface area contributed by atoms with Crippen LogP contribution in [0.1, 0.15) is 47.2 Å². The van der Waals surface area contributed by atoms with Crippen LogP contribution in [-0.4, -0.2) is 42.5 Å². The molecule has 2 aromatic rings. The summed E-state index contributed by atoms with van der Waals surface area (Å²) in [5.41, 5.74) is 2.93. The van der Waals surface area contributed by atoms with E-state index in [2.05, 4.69) is 18.3 Å². The molecule has 5 nitrogen and oxygen atoms in total. The molecule has 2 aromatic carbocycles. The van der Waals surface area contributed by atoms with Gasteiger partial charge in [0.25, 0.3) is 5.91 Å². The Bertz CT molecular complexity index is 890. The van der Waals surface area contributed by atoms with Crippen molar-refractivity contribution in [2.75, 3.05) is 19.7 Å².